The van der Waals surface area contributed by atoms with Crippen molar-refractivity contribution in [2.45, 2.75) is 25.8 Å². The number of benzene rings is 2. The number of hydrogen-bond acceptors (Lipinski definition) is 4. The molecule has 1 aliphatic heterocycles. The molecule has 2 aromatic carbocycles. The summed E-state index contributed by atoms with van der Waals surface area (Å²) in [4.78, 5) is 9.88. The van der Waals surface area contributed by atoms with Gasteiger partial charge in [-0.05, 0) is 50.1 Å². The summed E-state index contributed by atoms with van der Waals surface area (Å²) in [6, 6.07) is 16.4. The highest BCUT2D eigenvalue weighted by Gasteiger charge is 2.29. The summed E-state index contributed by atoms with van der Waals surface area (Å²) in [5, 5.41) is 1.12. The number of methoxy groups -OCH3 is 2. The molecule has 4 nitrogen and oxygen atoms in total. The van der Waals surface area contributed by atoms with E-state index in [2.05, 4.69) is 32.0 Å². The van der Waals surface area contributed by atoms with Crippen LogP contribution in [0.4, 0.5) is 0 Å². The van der Waals surface area contributed by atoms with E-state index in [-0.39, 0.29) is 5.54 Å². The van der Waals surface area contributed by atoms with Crippen molar-refractivity contribution in [2.24, 2.45) is 4.99 Å². The van der Waals surface area contributed by atoms with Crippen molar-refractivity contribution in [3.63, 3.8) is 0 Å². The standard InChI is InChI=1S/C22H22N2O2/c1-22(2)13-15-11-19(25-3)20(26-4)12-16(15)21(24-22)18-10-9-14-7-5-6-8-17(14)23-18/h5-12H,13H2,1-4H3. The Bertz CT molecular complexity index is 1020. The molecule has 4 rings (SSSR count). The first-order chi connectivity index (χ1) is 12.5. The Morgan fingerprint density at radius 2 is 1.65 bits per heavy atom. The summed E-state index contributed by atoms with van der Waals surface area (Å²) < 4.78 is 11.0. The van der Waals surface area contributed by atoms with E-state index in [1.54, 1.807) is 14.2 Å². The maximum absolute atomic E-state index is 5.51. The van der Waals surface area contributed by atoms with Crippen LogP contribution in [0, 0.1) is 0 Å². The Balaban J connectivity index is 1.93. The summed E-state index contributed by atoms with van der Waals surface area (Å²) in [5.74, 6) is 1.45. The monoisotopic (exact) mass is 346 g/mol. The summed E-state index contributed by atoms with van der Waals surface area (Å²) in [7, 11) is 3.32. The maximum atomic E-state index is 5.51. The summed E-state index contributed by atoms with van der Waals surface area (Å²) in [5.41, 5.74) is 4.82. The second-order valence-corrected chi connectivity index (χ2v) is 7.20. The third kappa shape index (κ3) is 2.81. The van der Waals surface area contributed by atoms with Gasteiger partial charge in [-0.1, -0.05) is 24.3 Å². The Morgan fingerprint density at radius 3 is 2.42 bits per heavy atom. The van der Waals surface area contributed by atoms with Crippen LogP contribution in [0.25, 0.3) is 10.9 Å². The molecule has 4 heteroatoms. The first-order valence-electron chi connectivity index (χ1n) is 8.72. The Morgan fingerprint density at radius 1 is 0.923 bits per heavy atom. The number of aromatic nitrogens is 1. The van der Waals surface area contributed by atoms with Crippen molar-refractivity contribution >= 4 is 16.6 Å². The van der Waals surface area contributed by atoms with Crippen LogP contribution < -0.4 is 9.47 Å². The van der Waals surface area contributed by atoms with Gasteiger partial charge in [-0.25, -0.2) is 4.98 Å². The van der Waals surface area contributed by atoms with E-state index < -0.39 is 0 Å². The van der Waals surface area contributed by atoms with Gasteiger partial charge < -0.3 is 9.47 Å². The normalized spacial score (nSPS) is 15.3. The van der Waals surface area contributed by atoms with Gasteiger partial charge in [0.05, 0.1) is 36.7 Å². The number of fused-ring (bicyclic) bond motifs is 2. The minimum atomic E-state index is -0.199. The molecule has 0 bridgehead atoms. The lowest BCUT2D eigenvalue weighted by Crippen LogP contribution is -2.30. The average molecular weight is 346 g/mol. The van der Waals surface area contributed by atoms with Crippen LogP contribution >= 0.6 is 0 Å². The van der Waals surface area contributed by atoms with E-state index in [0.29, 0.717) is 5.75 Å². The minimum Gasteiger partial charge on any atom is -0.493 e. The zero-order valence-electron chi connectivity index (χ0n) is 15.5. The molecule has 1 aromatic heterocycles. The van der Waals surface area contributed by atoms with Gasteiger partial charge in [0.2, 0.25) is 0 Å². The molecule has 0 fully saturated rings. The van der Waals surface area contributed by atoms with Gasteiger partial charge in [0.15, 0.2) is 11.5 Å². The van der Waals surface area contributed by atoms with Gasteiger partial charge in [0.25, 0.3) is 0 Å². The molecule has 2 heterocycles. The molecule has 0 unspecified atom stereocenters. The summed E-state index contributed by atoms with van der Waals surface area (Å²) >= 11 is 0. The van der Waals surface area contributed by atoms with Gasteiger partial charge in [0.1, 0.15) is 0 Å². The number of pyridine rings is 1. The van der Waals surface area contributed by atoms with Crippen molar-refractivity contribution < 1.29 is 9.47 Å². The molecular weight excluding hydrogens is 324 g/mol. The average Bonchev–Trinajstić information content (AvgIpc) is 2.65. The van der Waals surface area contributed by atoms with Gasteiger partial charge in [-0.3, -0.25) is 4.99 Å². The highest BCUT2D eigenvalue weighted by molar-refractivity contribution is 6.14. The van der Waals surface area contributed by atoms with Crippen LogP contribution in [0.3, 0.4) is 0 Å². The van der Waals surface area contributed by atoms with E-state index >= 15 is 0 Å². The predicted molar refractivity (Wildman–Crippen MR) is 105 cm³/mol. The third-order valence-corrected chi connectivity index (χ3v) is 4.74. The van der Waals surface area contributed by atoms with Crippen molar-refractivity contribution in [2.75, 3.05) is 14.2 Å². The zero-order valence-corrected chi connectivity index (χ0v) is 15.5. The van der Waals surface area contributed by atoms with Gasteiger partial charge in [-0.2, -0.15) is 0 Å². The van der Waals surface area contributed by atoms with E-state index in [4.69, 9.17) is 19.5 Å². The molecule has 0 spiro atoms. The fourth-order valence-electron chi connectivity index (χ4n) is 3.55. The largest absolute Gasteiger partial charge is 0.493 e. The number of rotatable bonds is 3. The molecule has 0 radical (unpaired) electrons. The number of para-hydroxylation sites is 1. The topological polar surface area (TPSA) is 43.7 Å². The SMILES string of the molecule is COc1cc2c(cc1OC)C(c1ccc3ccccc3n1)=NC(C)(C)C2. The minimum absolute atomic E-state index is 0.199. The van der Waals surface area contributed by atoms with Gasteiger partial charge in [0, 0.05) is 10.9 Å². The van der Waals surface area contributed by atoms with Crippen molar-refractivity contribution in [3.8, 4) is 11.5 Å². The van der Waals surface area contributed by atoms with Crippen LogP contribution in [0.2, 0.25) is 0 Å². The third-order valence-electron chi connectivity index (χ3n) is 4.74. The molecule has 132 valence electrons. The Hall–Kier alpha value is -2.88. The van der Waals surface area contributed by atoms with Crippen LogP contribution in [0.15, 0.2) is 53.5 Å². The fraction of sp³-hybridized carbons (Fsp3) is 0.273. The molecule has 0 atom stereocenters. The lowest BCUT2D eigenvalue weighted by atomic mass is 9.85. The van der Waals surface area contributed by atoms with Crippen molar-refractivity contribution in [1.82, 2.24) is 4.98 Å². The highest BCUT2D eigenvalue weighted by atomic mass is 16.5. The second kappa shape index (κ2) is 6.13. The van der Waals surface area contributed by atoms with E-state index in [1.165, 1.54) is 5.56 Å². The lowest BCUT2D eigenvalue weighted by molar-refractivity contribution is 0.353. The maximum Gasteiger partial charge on any atom is 0.161 e. The van der Waals surface area contributed by atoms with E-state index in [0.717, 1.165) is 40.0 Å². The van der Waals surface area contributed by atoms with Crippen molar-refractivity contribution in [1.29, 1.82) is 0 Å². The summed E-state index contributed by atoms with van der Waals surface area (Å²) in [6.45, 7) is 4.29. The fourth-order valence-corrected chi connectivity index (χ4v) is 3.55. The molecule has 26 heavy (non-hydrogen) atoms. The quantitative estimate of drug-likeness (QED) is 0.705. The predicted octanol–water partition coefficient (Wildman–Crippen LogP) is 4.42. The van der Waals surface area contributed by atoms with Crippen molar-refractivity contribution in [3.05, 3.63) is 65.4 Å². The highest BCUT2D eigenvalue weighted by Crippen LogP contribution is 2.37. The van der Waals surface area contributed by atoms with E-state index in [9.17, 15) is 0 Å². The second-order valence-electron chi connectivity index (χ2n) is 7.20. The molecule has 0 saturated carbocycles. The Kier molecular flexibility index (Phi) is 3.91. The van der Waals surface area contributed by atoms with E-state index in [1.807, 2.05) is 30.3 Å². The number of nitrogens with zero attached hydrogens (tertiary/aromatic N) is 2. The molecule has 0 amide bonds. The first kappa shape index (κ1) is 16.6. The molecule has 0 aliphatic carbocycles. The zero-order chi connectivity index (χ0) is 18.3. The number of hydrogen-bond donors (Lipinski definition) is 0. The van der Waals surface area contributed by atoms with Gasteiger partial charge in [-0.15, -0.1) is 0 Å². The van der Waals surface area contributed by atoms with Crippen LogP contribution in [-0.2, 0) is 6.42 Å². The molecule has 3 aromatic rings. The smallest absolute Gasteiger partial charge is 0.161 e. The number of ether oxygens (including phenoxy) is 2. The number of aliphatic imine (C=N–C) groups is 1. The molecular formula is C22H22N2O2. The molecule has 0 saturated heterocycles. The first-order valence-corrected chi connectivity index (χ1v) is 8.72. The molecule has 1 aliphatic rings. The van der Waals surface area contributed by atoms with Crippen LogP contribution in [0.1, 0.15) is 30.7 Å². The van der Waals surface area contributed by atoms with Gasteiger partial charge >= 0.3 is 0 Å². The lowest BCUT2D eigenvalue weighted by Gasteiger charge is -2.29. The van der Waals surface area contributed by atoms with Crippen LogP contribution in [-0.4, -0.2) is 30.5 Å². The van der Waals surface area contributed by atoms with Crippen LogP contribution in [0.5, 0.6) is 11.5 Å². The molecule has 0 N–H and O–H groups in total. The summed E-state index contributed by atoms with van der Waals surface area (Å²) in [6.07, 6.45) is 0.847. The Labute approximate surface area is 153 Å².